The number of primary amides is 1. The molecule has 4 aromatic rings. The Morgan fingerprint density at radius 1 is 1.09 bits per heavy atom. The van der Waals surface area contributed by atoms with Crippen LogP contribution >= 0.6 is 11.3 Å². The minimum Gasteiger partial charge on any atom is -0.369 e. The Balaban J connectivity index is 1.46. The summed E-state index contributed by atoms with van der Waals surface area (Å²) in [5.41, 5.74) is 10.6. The first kappa shape index (κ1) is 22.8. The number of nitrogens with two attached hydrogens (primary N) is 1. The number of aromatic nitrogens is 1. The molecule has 6 nitrogen and oxygen atoms in total. The third kappa shape index (κ3) is 4.29. The molecule has 1 aliphatic rings. The summed E-state index contributed by atoms with van der Waals surface area (Å²) in [7, 11) is -3.45. The van der Waals surface area contributed by atoms with Gasteiger partial charge in [-0.25, -0.2) is 8.42 Å². The van der Waals surface area contributed by atoms with Gasteiger partial charge in [0.05, 0.1) is 6.42 Å². The van der Waals surface area contributed by atoms with Gasteiger partial charge in [-0.3, -0.25) is 4.79 Å². The van der Waals surface area contributed by atoms with Crippen LogP contribution in [0.2, 0.25) is 0 Å². The number of rotatable bonds is 6. The molecule has 1 aliphatic heterocycles. The molecule has 8 heteroatoms. The Hall–Kier alpha value is -2.94. The van der Waals surface area contributed by atoms with Crippen molar-refractivity contribution in [2.75, 3.05) is 13.1 Å². The van der Waals surface area contributed by atoms with Crippen LogP contribution in [0, 0.1) is 6.92 Å². The lowest BCUT2D eigenvalue weighted by atomic mass is 9.88. The van der Waals surface area contributed by atoms with Crippen molar-refractivity contribution < 1.29 is 13.2 Å². The molecule has 0 aliphatic carbocycles. The number of carbonyl (C=O) groups is 1. The average Bonchev–Trinajstić information content (AvgIpc) is 3.46. The van der Waals surface area contributed by atoms with Crippen molar-refractivity contribution in [2.45, 2.75) is 36.3 Å². The minimum atomic E-state index is -3.45. The molecule has 0 saturated carbocycles. The van der Waals surface area contributed by atoms with Gasteiger partial charge in [-0.2, -0.15) is 4.31 Å². The first-order valence-corrected chi connectivity index (χ1v) is 13.6. The topological polar surface area (TPSA) is 96.3 Å². The van der Waals surface area contributed by atoms with Crippen LogP contribution in [0.4, 0.5) is 0 Å². The fourth-order valence-electron chi connectivity index (χ4n) is 4.88. The number of hydrogen-bond donors (Lipinski definition) is 2. The number of benzene rings is 2. The molecule has 2 aromatic heterocycles. The first-order valence-electron chi connectivity index (χ1n) is 11.4. The lowest BCUT2D eigenvalue weighted by Crippen LogP contribution is -2.37. The maximum absolute atomic E-state index is 13.0. The Labute approximate surface area is 203 Å². The van der Waals surface area contributed by atoms with Crippen LogP contribution < -0.4 is 5.73 Å². The number of fused-ring (bicyclic) bond motifs is 1. The van der Waals surface area contributed by atoms with Crippen LogP contribution in [0.1, 0.15) is 34.8 Å². The number of aryl methyl sites for hydroxylation is 1. The molecule has 3 heterocycles. The molecule has 1 amide bonds. The molecule has 0 bridgehead atoms. The van der Waals surface area contributed by atoms with Crippen molar-refractivity contribution in [3.8, 4) is 11.1 Å². The Morgan fingerprint density at radius 3 is 2.47 bits per heavy atom. The summed E-state index contributed by atoms with van der Waals surface area (Å²) >= 11 is 1.32. The van der Waals surface area contributed by atoms with Gasteiger partial charge in [-0.05, 0) is 72.2 Å². The number of thiophene rings is 1. The Kier molecular flexibility index (Phi) is 6.06. The van der Waals surface area contributed by atoms with Crippen LogP contribution in [0.25, 0.3) is 22.0 Å². The SMILES string of the molecule is Cc1ccc(S(=O)(=O)N2CCC(c3c[nH]c4c(CC(N)=O)cc(-c5ccccc5)cc34)CC2)s1. The highest BCUT2D eigenvalue weighted by Gasteiger charge is 2.32. The predicted octanol–water partition coefficient (Wildman–Crippen LogP) is 4.80. The summed E-state index contributed by atoms with van der Waals surface area (Å²) in [5, 5.41) is 1.08. The van der Waals surface area contributed by atoms with Gasteiger partial charge in [0, 0.05) is 35.1 Å². The largest absolute Gasteiger partial charge is 0.369 e. The lowest BCUT2D eigenvalue weighted by molar-refractivity contribution is -0.117. The normalized spacial score (nSPS) is 15.7. The second kappa shape index (κ2) is 9.02. The van der Waals surface area contributed by atoms with E-state index in [9.17, 15) is 13.2 Å². The molecule has 0 unspecified atom stereocenters. The molecule has 34 heavy (non-hydrogen) atoms. The van der Waals surface area contributed by atoms with Crippen LogP contribution in [0.3, 0.4) is 0 Å². The average molecular weight is 494 g/mol. The van der Waals surface area contributed by atoms with Gasteiger partial charge in [0.2, 0.25) is 5.91 Å². The van der Waals surface area contributed by atoms with Gasteiger partial charge in [0.25, 0.3) is 10.0 Å². The highest BCUT2D eigenvalue weighted by Crippen LogP contribution is 2.38. The van der Waals surface area contributed by atoms with Crippen LogP contribution in [-0.4, -0.2) is 36.7 Å². The molecule has 5 rings (SSSR count). The van der Waals surface area contributed by atoms with Gasteiger partial charge < -0.3 is 10.7 Å². The van der Waals surface area contributed by atoms with E-state index in [1.807, 2.05) is 43.5 Å². The summed E-state index contributed by atoms with van der Waals surface area (Å²) in [4.78, 5) is 16.1. The number of sulfonamides is 1. The summed E-state index contributed by atoms with van der Waals surface area (Å²) in [6.45, 7) is 2.90. The van der Waals surface area contributed by atoms with E-state index in [0.717, 1.165) is 45.3 Å². The number of H-pyrrole nitrogens is 1. The number of piperidine rings is 1. The monoisotopic (exact) mass is 493 g/mol. The Morgan fingerprint density at radius 2 is 1.82 bits per heavy atom. The molecule has 176 valence electrons. The summed E-state index contributed by atoms with van der Waals surface area (Å²) in [6, 6.07) is 17.8. The second-order valence-electron chi connectivity index (χ2n) is 8.85. The number of amides is 1. The number of nitrogens with zero attached hydrogens (tertiary/aromatic N) is 1. The van der Waals surface area contributed by atoms with Crippen molar-refractivity contribution in [1.82, 2.24) is 9.29 Å². The highest BCUT2D eigenvalue weighted by molar-refractivity contribution is 7.91. The Bertz CT molecular complexity index is 1450. The molecular formula is C26H27N3O3S2. The summed E-state index contributed by atoms with van der Waals surface area (Å²) in [6.07, 6.45) is 3.67. The van der Waals surface area contributed by atoms with E-state index in [-0.39, 0.29) is 18.2 Å². The number of hydrogen-bond acceptors (Lipinski definition) is 4. The predicted molar refractivity (Wildman–Crippen MR) is 136 cm³/mol. The van der Waals surface area contributed by atoms with E-state index < -0.39 is 10.0 Å². The van der Waals surface area contributed by atoms with E-state index in [1.165, 1.54) is 16.9 Å². The van der Waals surface area contributed by atoms with E-state index in [4.69, 9.17) is 5.73 Å². The minimum absolute atomic E-state index is 0.161. The fourth-order valence-corrected chi connectivity index (χ4v) is 7.78. The zero-order valence-corrected chi connectivity index (χ0v) is 20.6. The van der Waals surface area contributed by atoms with E-state index >= 15 is 0 Å². The molecular weight excluding hydrogens is 466 g/mol. The maximum Gasteiger partial charge on any atom is 0.252 e. The molecule has 3 N–H and O–H groups in total. The first-order chi connectivity index (χ1) is 16.3. The molecule has 0 spiro atoms. The highest BCUT2D eigenvalue weighted by atomic mass is 32.2. The lowest BCUT2D eigenvalue weighted by Gasteiger charge is -2.30. The second-order valence-corrected chi connectivity index (χ2v) is 12.3. The van der Waals surface area contributed by atoms with Crippen LogP contribution in [0.15, 0.2) is 65.0 Å². The van der Waals surface area contributed by atoms with Gasteiger partial charge in [0.1, 0.15) is 4.21 Å². The van der Waals surface area contributed by atoms with Crippen molar-refractivity contribution in [3.63, 3.8) is 0 Å². The molecule has 0 radical (unpaired) electrons. The van der Waals surface area contributed by atoms with Gasteiger partial charge in [-0.1, -0.05) is 30.3 Å². The van der Waals surface area contributed by atoms with Crippen LogP contribution in [-0.2, 0) is 21.2 Å². The van der Waals surface area contributed by atoms with Crippen molar-refractivity contribution in [3.05, 3.63) is 76.8 Å². The summed E-state index contributed by atoms with van der Waals surface area (Å²) < 4.78 is 28.1. The molecule has 0 atom stereocenters. The van der Waals surface area contributed by atoms with E-state index in [1.54, 1.807) is 10.4 Å². The van der Waals surface area contributed by atoms with E-state index in [2.05, 4.69) is 23.2 Å². The molecule has 1 fully saturated rings. The van der Waals surface area contributed by atoms with Gasteiger partial charge >= 0.3 is 0 Å². The van der Waals surface area contributed by atoms with Gasteiger partial charge in [0.15, 0.2) is 0 Å². The standard InChI is InChI=1S/C26H27N3O3S2/c1-17-7-8-25(33-17)34(31,32)29-11-9-19(10-12-29)23-16-28-26-21(15-24(27)30)13-20(14-22(23)26)18-5-3-2-4-6-18/h2-8,13-14,16,19,28H,9-12,15H2,1H3,(H2,27,30). The van der Waals surface area contributed by atoms with Crippen LogP contribution in [0.5, 0.6) is 0 Å². The number of nitrogens with one attached hydrogen (secondary N) is 1. The zero-order chi connectivity index (χ0) is 23.9. The smallest absolute Gasteiger partial charge is 0.252 e. The van der Waals surface area contributed by atoms with Gasteiger partial charge in [-0.15, -0.1) is 11.3 Å². The zero-order valence-electron chi connectivity index (χ0n) is 19.0. The van der Waals surface area contributed by atoms with Crippen molar-refractivity contribution in [2.24, 2.45) is 5.73 Å². The maximum atomic E-state index is 13.0. The number of carbonyl (C=O) groups excluding carboxylic acids is 1. The quantitative estimate of drug-likeness (QED) is 0.404. The number of aromatic amines is 1. The fraction of sp³-hybridized carbons (Fsp3) is 0.269. The van der Waals surface area contributed by atoms with Crippen molar-refractivity contribution >= 4 is 38.2 Å². The summed E-state index contributed by atoms with van der Waals surface area (Å²) in [5.74, 6) is -0.136. The third-order valence-corrected chi connectivity index (χ3v) is 9.95. The van der Waals surface area contributed by atoms with Crippen molar-refractivity contribution in [1.29, 1.82) is 0 Å². The van der Waals surface area contributed by atoms with E-state index in [0.29, 0.717) is 17.3 Å². The molecule has 1 saturated heterocycles. The third-order valence-electron chi connectivity index (χ3n) is 6.58. The molecule has 2 aromatic carbocycles.